The third-order valence-electron chi connectivity index (χ3n) is 6.45. The molecule has 0 saturated heterocycles. The molecule has 204 valence electrons. The number of aromatic hydroxyl groups is 2. The molecule has 0 bridgehead atoms. The third-order valence-corrected chi connectivity index (χ3v) is 6.45. The normalized spacial score (nSPS) is 12.6. The quantitative estimate of drug-likeness (QED) is 0.162. The number of ether oxygens (including phenoxy) is 1. The highest BCUT2D eigenvalue weighted by atomic mass is 16.5. The summed E-state index contributed by atoms with van der Waals surface area (Å²) in [6.07, 6.45) is 12.4. The fraction of sp³-hybridized carbons (Fsp3) is 0.533. The molecular weight excluding hydrogens is 468 g/mol. The average molecular weight is 513 g/mol. The van der Waals surface area contributed by atoms with Crippen molar-refractivity contribution in [3.63, 3.8) is 0 Å². The molecule has 0 heterocycles. The summed E-state index contributed by atoms with van der Waals surface area (Å²) in [5.74, 6) is -0.674. The average Bonchev–Trinajstić information content (AvgIpc) is 2.89. The summed E-state index contributed by atoms with van der Waals surface area (Å²) >= 11 is 0. The number of esters is 1. The van der Waals surface area contributed by atoms with E-state index in [4.69, 9.17) is 10.5 Å². The fourth-order valence-corrected chi connectivity index (χ4v) is 4.18. The number of amides is 1. The van der Waals surface area contributed by atoms with Crippen molar-refractivity contribution in [1.82, 2.24) is 5.32 Å². The fourth-order valence-electron chi connectivity index (χ4n) is 4.18. The Labute approximate surface area is 221 Å². The van der Waals surface area contributed by atoms with E-state index >= 15 is 0 Å². The summed E-state index contributed by atoms with van der Waals surface area (Å²) in [5, 5.41) is 21.7. The van der Waals surface area contributed by atoms with Crippen molar-refractivity contribution < 1.29 is 24.5 Å². The Morgan fingerprint density at radius 1 is 0.757 bits per heavy atom. The van der Waals surface area contributed by atoms with Gasteiger partial charge in [0.15, 0.2) is 0 Å². The second-order valence-electron chi connectivity index (χ2n) is 9.76. The van der Waals surface area contributed by atoms with Gasteiger partial charge in [0.1, 0.15) is 17.5 Å². The van der Waals surface area contributed by atoms with E-state index < -0.39 is 24.0 Å². The van der Waals surface area contributed by atoms with Crippen LogP contribution >= 0.6 is 0 Å². The number of carbonyl (C=O) groups excluding carboxylic acids is 2. The summed E-state index contributed by atoms with van der Waals surface area (Å²) in [6, 6.07) is 11.2. The van der Waals surface area contributed by atoms with E-state index in [-0.39, 0.29) is 24.3 Å². The second kappa shape index (κ2) is 17.4. The lowest BCUT2D eigenvalue weighted by Crippen LogP contribution is -2.50. The van der Waals surface area contributed by atoms with Gasteiger partial charge in [-0.1, -0.05) is 89.0 Å². The Morgan fingerprint density at radius 2 is 1.22 bits per heavy atom. The molecule has 5 N–H and O–H groups in total. The minimum absolute atomic E-state index is 0.129. The Hall–Kier alpha value is -3.06. The van der Waals surface area contributed by atoms with E-state index in [1.165, 1.54) is 44.9 Å². The highest BCUT2D eigenvalue weighted by molar-refractivity contribution is 5.87. The van der Waals surface area contributed by atoms with Crippen molar-refractivity contribution in [3.05, 3.63) is 59.7 Å². The molecule has 0 saturated carbocycles. The first-order valence-corrected chi connectivity index (χ1v) is 13.7. The third kappa shape index (κ3) is 12.6. The van der Waals surface area contributed by atoms with E-state index in [0.29, 0.717) is 6.61 Å². The van der Waals surface area contributed by atoms with Crippen LogP contribution in [-0.2, 0) is 27.2 Å². The van der Waals surface area contributed by atoms with Gasteiger partial charge in [0.25, 0.3) is 0 Å². The van der Waals surface area contributed by atoms with Gasteiger partial charge in [0.05, 0.1) is 12.6 Å². The van der Waals surface area contributed by atoms with Crippen LogP contribution < -0.4 is 11.1 Å². The number of carbonyl (C=O) groups is 2. The van der Waals surface area contributed by atoms with Gasteiger partial charge in [-0.25, -0.2) is 4.79 Å². The van der Waals surface area contributed by atoms with Gasteiger partial charge in [-0.15, -0.1) is 0 Å². The maximum absolute atomic E-state index is 12.9. The van der Waals surface area contributed by atoms with E-state index in [2.05, 4.69) is 12.2 Å². The van der Waals surface area contributed by atoms with Crippen LogP contribution in [0.25, 0.3) is 0 Å². The van der Waals surface area contributed by atoms with Crippen LogP contribution in [0.15, 0.2) is 48.5 Å². The number of unbranched alkanes of at least 4 members (excludes halogenated alkanes) is 9. The first-order valence-electron chi connectivity index (χ1n) is 13.7. The van der Waals surface area contributed by atoms with E-state index in [1.54, 1.807) is 48.5 Å². The largest absolute Gasteiger partial charge is 0.508 e. The van der Waals surface area contributed by atoms with Crippen LogP contribution in [0.4, 0.5) is 0 Å². The van der Waals surface area contributed by atoms with Gasteiger partial charge in [0, 0.05) is 6.42 Å². The lowest BCUT2D eigenvalue weighted by atomic mass is 10.0. The van der Waals surface area contributed by atoms with E-state index in [0.717, 1.165) is 30.4 Å². The molecule has 2 aromatic rings. The van der Waals surface area contributed by atoms with Crippen LogP contribution in [0, 0.1) is 0 Å². The van der Waals surface area contributed by atoms with Gasteiger partial charge in [0.2, 0.25) is 5.91 Å². The zero-order chi connectivity index (χ0) is 26.9. The molecular formula is C30H44N2O5. The summed E-state index contributed by atoms with van der Waals surface area (Å²) in [6.45, 7) is 2.54. The predicted molar refractivity (Wildman–Crippen MR) is 146 cm³/mol. The molecule has 0 aliphatic rings. The number of hydrogen-bond acceptors (Lipinski definition) is 6. The number of nitrogens with two attached hydrogens (primary N) is 1. The molecule has 0 aromatic heterocycles. The van der Waals surface area contributed by atoms with Crippen LogP contribution in [0.1, 0.15) is 82.3 Å². The van der Waals surface area contributed by atoms with Crippen molar-refractivity contribution >= 4 is 11.9 Å². The van der Waals surface area contributed by atoms with Crippen LogP contribution in [0.2, 0.25) is 0 Å². The first kappa shape index (κ1) is 30.2. The number of nitrogens with one attached hydrogen (secondary N) is 1. The highest BCUT2D eigenvalue weighted by Crippen LogP contribution is 2.14. The minimum Gasteiger partial charge on any atom is -0.508 e. The maximum Gasteiger partial charge on any atom is 0.328 e. The standard InChI is InChI=1S/C30H44N2O5/c1-2-3-4-5-6-7-8-9-10-11-20-37-30(36)28(22-24-14-18-26(34)19-15-24)32-29(35)27(31)21-23-12-16-25(33)17-13-23/h12-19,27-28,33-34H,2-11,20-22,31H2,1H3,(H,32,35). The Bertz CT molecular complexity index is 915. The number of hydrogen-bond donors (Lipinski definition) is 4. The zero-order valence-electron chi connectivity index (χ0n) is 22.2. The van der Waals surface area contributed by atoms with E-state index in [9.17, 15) is 19.8 Å². The minimum atomic E-state index is -0.883. The van der Waals surface area contributed by atoms with Gasteiger partial charge in [-0.3, -0.25) is 4.79 Å². The number of rotatable bonds is 18. The molecule has 7 nitrogen and oxygen atoms in total. The summed E-state index contributed by atoms with van der Waals surface area (Å²) in [5.41, 5.74) is 7.69. The van der Waals surface area contributed by atoms with Crippen molar-refractivity contribution in [2.45, 2.75) is 96.1 Å². The van der Waals surface area contributed by atoms with Crippen molar-refractivity contribution in [1.29, 1.82) is 0 Å². The summed E-state index contributed by atoms with van der Waals surface area (Å²) in [7, 11) is 0. The molecule has 2 unspecified atom stereocenters. The van der Waals surface area contributed by atoms with Crippen LogP contribution in [0.5, 0.6) is 11.5 Å². The maximum atomic E-state index is 12.9. The molecule has 7 heteroatoms. The lowest BCUT2D eigenvalue weighted by Gasteiger charge is -2.20. The Balaban J connectivity index is 1.81. The van der Waals surface area contributed by atoms with Crippen molar-refractivity contribution in [2.24, 2.45) is 5.73 Å². The monoisotopic (exact) mass is 512 g/mol. The molecule has 2 rings (SSSR count). The number of phenols is 2. The van der Waals surface area contributed by atoms with Crippen molar-refractivity contribution in [2.75, 3.05) is 6.61 Å². The van der Waals surface area contributed by atoms with Crippen LogP contribution in [-0.4, -0.2) is 40.8 Å². The molecule has 0 radical (unpaired) electrons. The molecule has 1 amide bonds. The van der Waals surface area contributed by atoms with Crippen LogP contribution in [0.3, 0.4) is 0 Å². The van der Waals surface area contributed by atoms with E-state index in [1.807, 2.05) is 0 Å². The highest BCUT2D eigenvalue weighted by Gasteiger charge is 2.25. The topological polar surface area (TPSA) is 122 Å². The molecule has 0 aliphatic carbocycles. The number of phenolic OH excluding ortho intramolecular Hbond substituents is 2. The number of benzene rings is 2. The van der Waals surface area contributed by atoms with Gasteiger partial charge >= 0.3 is 5.97 Å². The van der Waals surface area contributed by atoms with Gasteiger partial charge in [-0.2, -0.15) is 0 Å². The molecule has 2 aromatic carbocycles. The molecule has 37 heavy (non-hydrogen) atoms. The smallest absolute Gasteiger partial charge is 0.328 e. The van der Waals surface area contributed by atoms with Gasteiger partial charge < -0.3 is 26.0 Å². The van der Waals surface area contributed by atoms with Crippen molar-refractivity contribution in [3.8, 4) is 11.5 Å². The summed E-state index contributed by atoms with van der Waals surface area (Å²) in [4.78, 5) is 25.7. The lowest BCUT2D eigenvalue weighted by molar-refractivity contribution is -0.148. The predicted octanol–water partition coefficient (Wildman–Crippen LogP) is 5.16. The summed E-state index contributed by atoms with van der Waals surface area (Å²) < 4.78 is 5.51. The Kier molecular flexibility index (Phi) is 14.2. The second-order valence-corrected chi connectivity index (χ2v) is 9.76. The molecule has 0 fully saturated rings. The van der Waals surface area contributed by atoms with Gasteiger partial charge in [-0.05, 0) is 48.2 Å². The molecule has 2 atom stereocenters. The SMILES string of the molecule is CCCCCCCCCCCCOC(=O)C(Cc1ccc(O)cc1)NC(=O)C(N)Cc1ccc(O)cc1. The molecule has 0 aliphatic heterocycles. The first-order chi connectivity index (χ1) is 17.9. The Morgan fingerprint density at radius 3 is 1.73 bits per heavy atom. The molecule has 0 spiro atoms. The zero-order valence-corrected chi connectivity index (χ0v) is 22.2.